The van der Waals surface area contributed by atoms with E-state index < -0.39 is 27.5 Å². The minimum atomic E-state index is -3.79. The van der Waals surface area contributed by atoms with Gasteiger partial charge in [0.2, 0.25) is 5.91 Å². The monoisotopic (exact) mass is 501 g/mol. The molecule has 0 aliphatic carbocycles. The summed E-state index contributed by atoms with van der Waals surface area (Å²) in [7, 11) is -2.32. The molecule has 0 saturated carbocycles. The van der Waals surface area contributed by atoms with Gasteiger partial charge in [-0.3, -0.25) is 20.0 Å². The number of carbonyl (C=O) groups is 2. The molecule has 2 rings (SSSR count). The first-order chi connectivity index (χ1) is 14.2. The molecule has 5 N–H and O–H groups in total. The lowest BCUT2D eigenvalue weighted by atomic mass is 10.0. The summed E-state index contributed by atoms with van der Waals surface area (Å²) in [6.45, 7) is 0. The Balaban J connectivity index is 2.37. The minimum absolute atomic E-state index is 0.0313. The standard InChI is InChI=1S/C18H20BrN3O7S/c1-29-13-3-5-14(6-4-13)30(27,28)10-20-17-11(2-7-16(23)21-25)8-12(19)9-15(17)18(24)22-26/h3-6,8-9,20,25-26H,2,7,10H2,1H3,(H,21,23)(H,22,24). The number of hydrogen-bond donors (Lipinski definition) is 5. The quantitative estimate of drug-likeness (QED) is 0.257. The number of carbonyl (C=O) groups excluding carboxylic acids is 2. The maximum absolute atomic E-state index is 12.7. The van der Waals surface area contributed by atoms with Gasteiger partial charge in [-0.1, -0.05) is 15.9 Å². The maximum Gasteiger partial charge on any atom is 0.276 e. The number of halogens is 1. The van der Waals surface area contributed by atoms with Crippen molar-refractivity contribution in [2.75, 3.05) is 18.3 Å². The molecule has 30 heavy (non-hydrogen) atoms. The van der Waals surface area contributed by atoms with Crippen molar-refractivity contribution in [1.82, 2.24) is 11.0 Å². The van der Waals surface area contributed by atoms with Crippen molar-refractivity contribution >= 4 is 43.3 Å². The number of hydrogen-bond acceptors (Lipinski definition) is 8. The number of rotatable bonds is 9. The van der Waals surface area contributed by atoms with Gasteiger partial charge in [0.05, 0.1) is 23.3 Å². The molecule has 0 unspecified atom stereocenters. The van der Waals surface area contributed by atoms with Crippen LogP contribution in [0.15, 0.2) is 45.8 Å². The molecule has 0 radical (unpaired) electrons. The van der Waals surface area contributed by atoms with Crippen molar-refractivity contribution in [3.8, 4) is 5.75 Å². The molecule has 0 bridgehead atoms. The highest BCUT2D eigenvalue weighted by atomic mass is 79.9. The number of aryl methyl sites for hydroxylation is 1. The smallest absolute Gasteiger partial charge is 0.276 e. The molecule has 0 saturated heterocycles. The number of anilines is 1. The van der Waals surface area contributed by atoms with Crippen LogP contribution in [0.5, 0.6) is 5.75 Å². The molecule has 2 amide bonds. The van der Waals surface area contributed by atoms with E-state index in [1.54, 1.807) is 6.07 Å². The molecule has 2 aromatic rings. The summed E-state index contributed by atoms with van der Waals surface area (Å²) in [4.78, 5) is 23.5. The second-order valence-electron chi connectivity index (χ2n) is 6.07. The lowest BCUT2D eigenvalue weighted by Gasteiger charge is -2.17. The van der Waals surface area contributed by atoms with Gasteiger partial charge in [-0.25, -0.2) is 19.4 Å². The third kappa shape index (κ3) is 5.92. The molecular formula is C18H20BrN3O7S. The number of ether oxygens (including phenoxy) is 1. The summed E-state index contributed by atoms with van der Waals surface area (Å²) in [6, 6.07) is 8.80. The lowest BCUT2D eigenvalue weighted by Crippen LogP contribution is -2.24. The van der Waals surface area contributed by atoms with Gasteiger partial charge in [-0.15, -0.1) is 0 Å². The van der Waals surface area contributed by atoms with Crippen molar-refractivity contribution in [3.63, 3.8) is 0 Å². The fraction of sp³-hybridized carbons (Fsp3) is 0.222. The lowest BCUT2D eigenvalue weighted by molar-refractivity contribution is -0.129. The van der Waals surface area contributed by atoms with Crippen LogP contribution in [-0.2, 0) is 21.1 Å². The number of methoxy groups -OCH3 is 1. The Morgan fingerprint density at radius 2 is 1.77 bits per heavy atom. The zero-order valence-electron chi connectivity index (χ0n) is 15.8. The highest BCUT2D eigenvalue weighted by molar-refractivity contribution is 9.10. The Hall–Kier alpha value is -2.67. The second kappa shape index (κ2) is 10.4. The Morgan fingerprint density at radius 1 is 1.10 bits per heavy atom. The number of benzene rings is 2. The summed E-state index contributed by atoms with van der Waals surface area (Å²) in [6.07, 6.45) is -0.0322. The molecule has 0 fully saturated rings. The molecule has 10 nitrogen and oxygen atoms in total. The van der Waals surface area contributed by atoms with Gasteiger partial charge < -0.3 is 10.1 Å². The van der Waals surface area contributed by atoms with Crippen LogP contribution in [0.3, 0.4) is 0 Å². The Morgan fingerprint density at radius 3 is 2.33 bits per heavy atom. The predicted octanol–water partition coefficient (Wildman–Crippen LogP) is 1.86. The third-order valence-corrected chi connectivity index (χ3v) is 6.11. The van der Waals surface area contributed by atoms with Crippen molar-refractivity contribution in [3.05, 3.63) is 52.0 Å². The molecular weight excluding hydrogens is 482 g/mol. The molecule has 162 valence electrons. The SMILES string of the molecule is COc1ccc(S(=O)(=O)CNc2c(CCC(=O)NO)cc(Br)cc2C(=O)NO)cc1. The molecule has 0 aliphatic rings. The molecule has 0 aliphatic heterocycles. The molecule has 12 heteroatoms. The summed E-state index contributed by atoms with van der Waals surface area (Å²) in [5.74, 6) is -1.57. The number of sulfone groups is 1. The first-order valence-corrected chi connectivity index (χ1v) is 11.0. The Labute approximate surface area is 181 Å². The fourth-order valence-corrected chi connectivity index (χ4v) is 4.20. The van der Waals surface area contributed by atoms with Gasteiger partial charge in [0.15, 0.2) is 9.84 Å². The highest BCUT2D eigenvalue weighted by Gasteiger charge is 2.20. The predicted molar refractivity (Wildman–Crippen MR) is 110 cm³/mol. The van der Waals surface area contributed by atoms with Gasteiger partial charge in [0.25, 0.3) is 5.91 Å². The fourth-order valence-electron chi connectivity index (χ4n) is 2.65. The van der Waals surface area contributed by atoms with Crippen LogP contribution in [0.25, 0.3) is 0 Å². The van der Waals surface area contributed by atoms with Gasteiger partial charge in [0.1, 0.15) is 11.6 Å². The van der Waals surface area contributed by atoms with E-state index in [0.717, 1.165) is 0 Å². The summed E-state index contributed by atoms with van der Waals surface area (Å²) in [5.41, 5.74) is 3.55. The van der Waals surface area contributed by atoms with Crippen molar-refractivity contribution < 1.29 is 33.2 Å². The molecule has 2 aromatic carbocycles. The second-order valence-corrected chi connectivity index (χ2v) is 8.98. The topological polar surface area (TPSA) is 154 Å². The summed E-state index contributed by atoms with van der Waals surface area (Å²) in [5, 5.41) is 20.4. The van der Waals surface area contributed by atoms with Gasteiger partial charge >= 0.3 is 0 Å². The van der Waals surface area contributed by atoms with Crippen LogP contribution in [-0.4, -0.2) is 43.6 Å². The number of amides is 2. The van der Waals surface area contributed by atoms with E-state index in [1.807, 2.05) is 0 Å². The van der Waals surface area contributed by atoms with Crippen molar-refractivity contribution in [2.24, 2.45) is 0 Å². The van der Waals surface area contributed by atoms with Gasteiger partial charge in [-0.2, -0.15) is 0 Å². The van der Waals surface area contributed by atoms with E-state index in [-0.39, 0.29) is 29.0 Å². The van der Waals surface area contributed by atoms with Gasteiger partial charge in [0, 0.05) is 10.9 Å². The summed E-state index contributed by atoms with van der Waals surface area (Å²) >= 11 is 3.24. The van der Waals surface area contributed by atoms with Crippen LogP contribution < -0.4 is 21.0 Å². The van der Waals surface area contributed by atoms with Crippen LogP contribution >= 0.6 is 15.9 Å². The molecule has 0 atom stereocenters. The van der Waals surface area contributed by atoms with E-state index in [4.69, 9.17) is 15.2 Å². The third-order valence-electron chi connectivity index (χ3n) is 4.13. The minimum Gasteiger partial charge on any atom is -0.497 e. The average molecular weight is 502 g/mol. The molecule has 0 spiro atoms. The van der Waals surface area contributed by atoms with Crippen molar-refractivity contribution in [1.29, 1.82) is 0 Å². The van der Waals surface area contributed by atoms with Crippen LogP contribution in [0, 0.1) is 0 Å². The zero-order valence-corrected chi connectivity index (χ0v) is 18.2. The van der Waals surface area contributed by atoms with Crippen LogP contribution in [0.1, 0.15) is 22.3 Å². The Kier molecular flexibility index (Phi) is 8.17. The van der Waals surface area contributed by atoms with Crippen LogP contribution in [0.2, 0.25) is 0 Å². The largest absolute Gasteiger partial charge is 0.497 e. The molecule has 0 heterocycles. The zero-order chi connectivity index (χ0) is 22.3. The Bertz CT molecular complexity index is 1030. The van der Waals surface area contributed by atoms with E-state index in [2.05, 4.69) is 21.2 Å². The van der Waals surface area contributed by atoms with Gasteiger partial charge in [-0.05, 0) is 48.4 Å². The maximum atomic E-state index is 12.7. The number of hydroxylamine groups is 2. The summed E-state index contributed by atoms with van der Waals surface area (Å²) < 4.78 is 30.9. The van der Waals surface area contributed by atoms with Crippen LogP contribution in [0.4, 0.5) is 5.69 Å². The average Bonchev–Trinajstić information content (AvgIpc) is 2.75. The van der Waals surface area contributed by atoms with E-state index in [1.165, 1.54) is 48.4 Å². The van der Waals surface area contributed by atoms with E-state index in [0.29, 0.717) is 15.8 Å². The first kappa shape index (κ1) is 23.6. The van der Waals surface area contributed by atoms with E-state index >= 15 is 0 Å². The van der Waals surface area contributed by atoms with E-state index in [9.17, 15) is 18.0 Å². The first-order valence-electron chi connectivity index (χ1n) is 8.52. The highest BCUT2D eigenvalue weighted by Crippen LogP contribution is 2.28. The molecule has 0 aromatic heterocycles. The van der Waals surface area contributed by atoms with Crippen molar-refractivity contribution in [2.45, 2.75) is 17.7 Å². The number of nitrogens with one attached hydrogen (secondary N) is 3. The normalized spacial score (nSPS) is 10.9.